The molecule has 0 spiro atoms. The molecular formula is C24H29N5O4. The maximum Gasteiger partial charge on any atom is 0.231 e. The summed E-state index contributed by atoms with van der Waals surface area (Å²) < 4.78 is 24.7. The molecule has 9 nitrogen and oxygen atoms in total. The predicted molar refractivity (Wildman–Crippen MR) is 125 cm³/mol. The molecule has 0 amide bonds. The molecule has 5 heterocycles. The van der Waals surface area contributed by atoms with Crippen LogP contribution in [0.1, 0.15) is 19.8 Å². The number of fused-ring (bicyclic) bond motifs is 2. The van der Waals surface area contributed by atoms with E-state index in [9.17, 15) is 0 Å². The third-order valence-electron chi connectivity index (χ3n) is 5.98. The number of anilines is 1. The number of ether oxygens (including phenoxy) is 3. The first-order valence-corrected chi connectivity index (χ1v) is 11.4. The van der Waals surface area contributed by atoms with Gasteiger partial charge in [-0.1, -0.05) is 0 Å². The van der Waals surface area contributed by atoms with E-state index in [1.807, 2.05) is 24.3 Å². The Balaban J connectivity index is 1.44. The number of aromatic nitrogens is 4. The predicted octanol–water partition coefficient (Wildman–Crippen LogP) is 3.82. The van der Waals surface area contributed by atoms with Crippen molar-refractivity contribution in [1.29, 1.82) is 0 Å². The van der Waals surface area contributed by atoms with Crippen LogP contribution < -0.4 is 9.64 Å². The van der Waals surface area contributed by atoms with Gasteiger partial charge in [-0.25, -0.2) is 14.5 Å². The van der Waals surface area contributed by atoms with E-state index in [2.05, 4.69) is 26.9 Å². The van der Waals surface area contributed by atoms with Gasteiger partial charge in [-0.05, 0) is 38.0 Å². The van der Waals surface area contributed by atoms with Crippen LogP contribution in [0.2, 0.25) is 0 Å². The van der Waals surface area contributed by atoms with Crippen molar-refractivity contribution in [1.82, 2.24) is 19.6 Å². The molecule has 0 unspecified atom stereocenters. The molecule has 33 heavy (non-hydrogen) atoms. The Hall–Kier alpha value is -3.17. The van der Waals surface area contributed by atoms with Gasteiger partial charge in [0.05, 0.1) is 31.4 Å². The van der Waals surface area contributed by atoms with E-state index in [-0.39, 0.29) is 0 Å². The first kappa shape index (κ1) is 21.7. The van der Waals surface area contributed by atoms with E-state index >= 15 is 0 Å². The molecule has 1 saturated heterocycles. The summed E-state index contributed by atoms with van der Waals surface area (Å²) in [5, 5.41) is 5.62. The standard InChI is InChI=1S/C24H29N5O4/c1-3-28(10-12-30-2)24-18-13-21(33-20(18)8-9-25-24)19-14-26-22-6-7-23(27-29(19)22)32-16-17-5-4-11-31-15-17/h6-9,13-14,17H,3-5,10-12,15-16H2,1-2H3/t17-/m1/s1. The van der Waals surface area contributed by atoms with Crippen molar-refractivity contribution in [3.63, 3.8) is 0 Å². The molecule has 4 aromatic heterocycles. The highest BCUT2D eigenvalue weighted by atomic mass is 16.5. The van der Waals surface area contributed by atoms with Gasteiger partial charge in [-0.15, -0.1) is 5.10 Å². The first-order chi connectivity index (χ1) is 16.3. The molecular weight excluding hydrogens is 422 g/mol. The highest BCUT2D eigenvalue weighted by Crippen LogP contribution is 2.33. The first-order valence-electron chi connectivity index (χ1n) is 11.4. The molecule has 0 aromatic carbocycles. The number of hydrogen-bond donors (Lipinski definition) is 0. The second-order valence-corrected chi connectivity index (χ2v) is 8.21. The lowest BCUT2D eigenvalue weighted by Gasteiger charge is -2.21. The van der Waals surface area contributed by atoms with Crippen LogP contribution in [0.15, 0.2) is 41.1 Å². The van der Waals surface area contributed by atoms with E-state index in [0.29, 0.717) is 30.8 Å². The summed E-state index contributed by atoms with van der Waals surface area (Å²) in [4.78, 5) is 11.3. The fraction of sp³-hybridized carbons (Fsp3) is 0.458. The van der Waals surface area contributed by atoms with Crippen molar-refractivity contribution in [3.05, 3.63) is 36.7 Å². The zero-order valence-corrected chi connectivity index (χ0v) is 19.1. The average Bonchev–Trinajstić information content (AvgIpc) is 3.48. The highest BCUT2D eigenvalue weighted by Gasteiger charge is 2.19. The Morgan fingerprint density at radius 1 is 1.24 bits per heavy atom. The average molecular weight is 452 g/mol. The zero-order valence-electron chi connectivity index (χ0n) is 19.1. The molecule has 5 rings (SSSR count). The Kier molecular flexibility index (Phi) is 6.41. The van der Waals surface area contributed by atoms with E-state index in [0.717, 1.165) is 67.3 Å². The van der Waals surface area contributed by atoms with E-state index < -0.39 is 0 Å². The second-order valence-electron chi connectivity index (χ2n) is 8.21. The molecule has 0 aliphatic carbocycles. The van der Waals surface area contributed by atoms with Crippen LogP contribution in [0.3, 0.4) is 0 Å². The van der Waals surface area contributed by atoms with Crippen molar-refractivity contribution in [2.45, 2.75) is 19.8 Å². The molecule has 1 aliphatic rings. The fourth-order valence-corrected chi connectivity index (χ4v) is 4.19. The highest BCUT2D eigenvalue weighted by molar-refractivity contribution is 5.91. The van der Waals surface area contributed by atoms with Crippen molar-refractivity contribution in [2.75, 3.05) is 51.5 Å². The lowest BCUT2D eigenvalue weighted by Crippen LogP contribution is -2.27. The summed E-state index contributed by atoms with van der Waals surface area (Å²) in [6, 6.07) is 7.64. The number of likely N-dealkylation sites (N-methyl/N-ethyl adjacent to an activating group) is 1. The minimum atomic E-state index is 0.402. The second kappa shape index (κ2) is 9.76. The third kappa shape index (κ3) is 4.51. The minimum Gasteiger partial charge on any atom is -0.476 e. The number of hydrogen-bond acceptors (Lipinski definition) is 8. The Morgan fingerprint density at radius 3 is 3.00 bits per heavy atom. The van der Waals surface area contributed by atoms with Crippen molar-refractivity contribution >= 4 is 22.4 Å². The topological polar surface area (TPSA) is 87.2 Å². The molecule has 0 radical (unpaired) electrons. The van der Waals surface area contributed by atoms with Gasteiger partial charge in [-0.2, -0.15) is 0 Å². The van der Waals surface area contributed by atoms with E-state index in [1.165, 1.54) is 0 Å². The quantitative estimate of drug-likeness (QED) is 0.380. The summed E-state index contributed by atoms with van der Waals surface area (Å²) in [6.07, 6.45) is 5.74. The van der Waals surface area contributed by atoms with Crippen LogP contribution in [0.4, 0.5) is 5.82 Å². The normalized spacial score (nSPS) is 16.5. The lowest BCUT2D eigenvalue weighted by molar-refractivity contribution is 0.0342. The van der Waals surface area contributed by atoms with Gasteiger partial charge in [0.2, 0.25) is 5.88 Å². The van der Waals surface area contributed by atoms with E-state index in [1.54, 1.807) is 24.0 Å². The SMILES string of the molecule is CCN(CCOC)c1nccc2oc(-c3cnc4ccc(OC[C@@H]5CCCOC5)nn34)cc12. The largest absolute Gasteiger partial charge is 0.476 e. The molecule has 0 bridgehead atoms. The number of furan rings is 1. The smallest absolute Gasteiger partial charge is 0.231 e. The molecule has 1 fully saturated rings. The van der Waals surface area contributed by atoms with Crippen LogP contribution in [-0.2, 0) is 9.47 Å². The maximum atomic E-state index is 6.20. The zero-order chi connectivity index (χ0) is 22.6. The van der Waals surface area contributed by atoms with Crippen LogP contribution >= 0.6 is 0 Å². The van der Waals surface area contributed by atoms with Gasteiger partial charge in [0.25, 0.3) is 0 Å². The Bertz CT molecular complexity index is 1210. The monoisotopic (exact) mass is 451 g/mol. The molecule has 1 atom stereocenters. The van der Waals surface area contributed by atoms with Crippen LogP contribution in [0.25, 0.3) is 28.1 Å². The van der Waals surface area contributed by atoms with Gasteiger partial charge in [0.15, 0.2) is 11.4 Å². The van der Waals surface area contributed by atoms with Gasteiger partial charge in [0, 0.05) is 45.0 Å². The summed E-state index contributed by atoms with van der Waals surface area (Å²) in [6.45, 7) is 6.49. The number of methoxy groups -OCH3 is 1. The maximum absolute atomic E-state index is 6.20. The third-order valence-corrected chi connectivity index (χ3v) is 5.98. The van der Waals surface area contributed by atoms with E-state index in [4.69, 9.17) is 18.6 Å². The van der Waals surface area contributed by atoms with Crippen molar-refractivity contribution in [3.8, 4) is 17.3 Å². The van der Waals surface area contributed by atoms with Crippen LogP contribution in [0, 0.1) is 5.92 Å². The number of imidazole rings is 1. The summed E-state index contributed by atoms with van der Waals surface area (Å²) in [5.41, 5.74) is 2.26. The molecule has 4 aromatic rings. The number of nitrogens with zero attached hydrogens (tertiary/aromatic N) is 5. The van der Waals surface area contributed by atoms with Crippen LogP contribution in [0.5, 0.6) is 5.88 Å². The molecule has 9 heteroatoms. The van der Waals surface area contributed by atoms with Gasteiger partial charge < -0.3 is 23.5 Å². The molecule has 0 saturated carbocycles. The van der Waals surface area contributed by atoms with Crippen LogP contribution in [-0.4, -0.2) is 66.2 Å². The minimum absolute atomic E-state index is 0.402. The number of rotatable bonds is 9. The van der Waals surface area contributed by atoms with Crippen molar-refractivity contribution in [2.24, 2.45) is 5.92 Å². The molecule has 174 valence electrons. The van der Waals surface area contributed by atoms with Gasteiger partial charge in [0.1, 0.15) is 17.1 Å². The molecule has 0 N–H and O–H groups in total. The Labute approximate surface area is 192 Å². The fourth-order valence-electron chi connectivity index (χ4n) is 4.19. The summed E-state index contributed by atoms with van der Waals surface area (Å²) in [5.74, 6) is 2.52. The molecule has 1 aliphatic heterocycles. The lowest BCUT2D eigenvalue weighted by atomic mass is 10.0. The summed E-state index contributed by atoms with van der Waals surface area (Å²) >= 11 is 0. The number of pyridine rings is 1. The summed E-state index contributed by atoms with van der Waals surface area (Å²) in [7, 11) is 1.70. The Morgan fingerprint density at radius 2 is 2.18 bits per heavy atom. The van der Waals surface area contributed by atoms with Gasteiger partial charge in [-0.3, -0.25) is 0 Å². The van der Waals surface area contributed by atoms with Gasteiger partial charge >= 0.3 is 0 Å². The van der Waals surface area contributed by atoms with Crippen molar-refractivity contribution < 1.29 is 18.6 Å².